The van der Waals surface area contributed by atoms with Crippen molar-refractivity contribution in [1.29, 1.82) is 0 Å². The smallest absolute Gasteiger partial charge is 0.335 e. The Bertz CT molecular complexity index is 4130. The number of aromatic carboxylic acids is 2. The first-order valence-electron chi connectivity index (χ1n) is 49.7. The number of carbonyl (C=O) groups excluding carboxylic acids is 13. The summed E-state index contributed by atoms with van der Waals surface area (Å²) in [6.07, 6.45) is 13.4. The number of unbranched alkanes of at least 4 members (excludes halogenated alkanes) is 14. The highest BCUT2D eigenvalue weighted by atomic mass is 16.5. The zero-order valence-electron chi connectivity index (χ0n) is 83.4. The van der Waals surface area contributed by atoms with Crippen LogP contribution in [0.2, 0.25) is 0 Å². The maximum absolute atomic E-state index is 13.8. The number of ether oxygens (including phenoxy) is 10. The highest BCUT2D eigenvalue weighted by Crippen LogP contribution is 2.26. The molecule has 0 aromatic heterocycles. The fourth-order valence-corrected chi connectivity index (χ4v) is 14.3. The van der Waals surface area contributed by atoms with Crippen LogP contribution in [0.3, 0.4) is 0 Å². The second-order valence-corrected chi connectivity index (χ2v) is 35.5. The summed E-state index contributed by atoms with van der Waals surface area (Å²) in [6, 6.07) is 9.84. The fraction of sp³-hybridized carbons (Fsp3) is 0.690. The van der Waals surface area contributed by atoms with E-state index in [9.17, 15) is 112 Å². The first-order chi connectivity index (χ1) is 68.4. The number of hydrogen-bond acceptors (Lipinski definition) is 30. The van der Waals surface area contributed by atoms with Crippen molar-refractivity contribution >= 4 is 112 Å². The minimum atomic E-state index is -1.41. The molecule has 0 bridgehead atoms. The standard InChI is InChI=1S/C100H156N8O35/c1-71(109)74(23-16-18-44-103-89(117)42-39-84(99(132)133)108-93(121)70-141-61-55-134-49-22-26-79(111)67-138-59-56-135-52-46-104-88(116)41-32-76(96(126)127)63-78(110)25-14-10-6-4-8-12-20-50-142-81-34-28-72(29-35-81)94(122)123)65-85(113)75(66-86(114)100(2,3)101)24-17-19-45-102-87(115)40-33-77(97(128)129)64-80(112)68-139-60-57-137-54-48-106-92(120)69-140-62-58-136-53-47-105-90(118)43-38-83(98(130)131)107-91(119)27-15-11-7-5-9-13-21-51-143-82-36-30-73(31-37-82)95(124)125/h28-31,34-37,74-77,83-84H,4-27,32-33,38-70,101H2,1-3H3,(H,102,115)(H,103,117)(H,104,116)(H,105,118)(H,106,120)(H,107,119)(H,108,121)(H,122,123)(H,124,125)(H,126,127)(H,128,129)(H,130,131)(H,132,133)/t74-,75-,76-,77-,83+,84+/m1/s1. The van der Waals surface area contributed by atoms with Crippen molar-refractivity contribution in [2.24, 2.45) is 29.4 Å². The van der Waals surface area contributed by atoms with Crippen molar-refractivity contribution < 1.29 is 169 Å². The molecule has 2 aromatic carbocycles. The van der Waals surface area contributed by atoms with E-state index in [1.165, 1.54) is 45.0 Å². The third-order valence-corrected chi connectivity index (χ3v) is 22.7. The van der Waals surface area contributed by atoms with E-state index >= 15 is 0 Å². The van der Waals surface area contributed by atoms with Crippen LogP contribution in [0, 0.1) is 23.7 Å². The lowest BCUT2D eigenvalue weighted by molar-refractivity contribution is -0.145. The molecule has 0 unspecified atom stereocenters. The van der Waals surface area contributed by atoms with E-state index in [1.807, 2.05) is 0 Å². The fourth-order valence-electron chi connectivity index (χ4n) is 14.3. The molecule has 15 N–H and O–H groups in total. The summed E-state index contributed by atoms with van der Waals surface area (Å²) >= 11 is 0. The van der Waals surface area contributed by atoms with Gasteiger partial charge in [0.05, 0.1) is 114 Å². The van der Waals surface area contributed by atoms with E-state index in [2.05, 4.69) is 37.2 Å². The molecule has 0 heterocycles. The van der Waals surface area contributed by atoms with E-state index < -0.39 is 138 Å². The van der Waals surface area contributed by atoms with Gasteiger partial charge in [-0.1, -0.05) is 77.0 Å². The van der Waals surface area contributed by atoms with E-state index in [4.69, 9.17) is 63.3 Å². The highest BCUT2D eigenvalue weighted by Gasteiger charge is 2.32. The second-order valence-electron chi connectivity index (χ2n) is 35.5. The van der Waals surface area contributed by atoms with Crippen molar-refractivity contribution in [3.8, 4) is 11.5 Å². The highest BCUT2D eigenvalue weighted by molar-refractivity contribution is 5.95. The number of carbonyl (C=O) groups is 19. The lowest BCUT2D eigenvalue weighted by Crippen LogP contribution is -2.43. The molecule has 0 aliphatic carbocycles. The third-order valence-electron chi connectivity index (χ3n) is 22.7. The van der Waals surface area contributed by atoms with Crippen LogP contribution in [0.15, 0.2) is 48.5 Å². The molecule has 143 heavy (non-hydrogen) atoms. The van der Waals surface area contributed by atoms with Gasteiger partial charge in [-0.3, -0.25) is 71.9 Å². The molecule has 2 rings (SSSR count). The molecule has 0 aliphatic rings. The van der Waals surface area contributed by atoms with Gasteiger partial charge in [-0.15, -0.1) is 0 Å². The van der Waals surface area contributed by atoms with Gasteiger partial charge < -0.3 is 121 Å². The van der Waals surface area contributed by atoms with Crippen LogP contribution in [0.4, 0.5) is 0 Å². The summed E-state index contributed by atoms with van der Waals surface area (Å²) in [4.78, 5) is 234. The Morgan fingerprint density at radius 3 is 1.06 bits per heavy atom. The monoisotopic (exact) mass is 2030 g/mol. The van der Waals surface area contributed by atoms with E-state index in [0.29, 0.717) is 69.7 Å². The van der Waals surface area contributed by atoms with Crippen LogP contribution in [0.5, 0.6) is 11.5 Å². The first-order valence-corrected chi connectivity index (χ1v) is 49.7. The minimum Gasteiger partial charge on any atom is -0.494 e. The molecule has 0 radical (unpaired) electrons. The Kier molecular flexibility index (Phi) is 71.7. The maximum Gasteiger partial charge on any atom is 0.335 e. The van der Waals surface area contributed by atoms with Gasteiger partial charge in [0.1, 0.15) is 67.4 Å². The molecule has 43 nitrogen and oxygen atoms in total. The number of ketones is 6. The number of carboxylic acids is 6. The van der Waals surface area contributed by atoms with Crippen molar-refractivity contribution in [3.63, 3.8) is 0 Å². The largest absolute Gasteiger partial charge is 0.494 e. The maximum atomic E-state index is 13.8. The first kappa shape index (κ1) is 128. The van der Waals surface area contributed by atoms with Gasteiger partial charge in [0.25, 0.3) is 0 Å². The lowest BCUT2D eigenvalue weighted by Gasteiger charge is -2.23. The number of rotatable bonds is 96. The van der Waals surface area contributed by atoms with E-state index in [-0.39, 0.29) is 274 Å². The number of hydrogen-bond donors (Lipinski definition) is 14. The molecule has 6 atom stereocenters. The number of benzene rings is 2. The summed E-state index contributed by atoms with van der Waals surface area (Å²) in [5.41, 5.74) is 5.23. The van der Waals surface area contributed by atoms with Crippen LogP contribution in [0.1, 0.15) is 273 Å². The Hall–Kier alpha value is -11.2. The zero-order chi connectivity index (χ0) is 106. The number of nitrogens with one attached hydrogen (secondary N) is 7. The molecule has 2 aromatic rings. The van der Waals surface area contributed by atoms with E-state index in [1.54, 1.807) is 24.3 Å². The third kappa shape index (κ3) is 69.4. The number of nitrogens with two attached hydrogens (primary N) is 1. The summed E-state index contributed by atoms with van der Waals surface area (Å²) in [5.74, 6) is -14.6. The average molecular weight is 2030 g/mol. The normalized spacial score (nSPS) is 12.5. The molecule has 0 spiro atoms. The zero-order valence-corrected chi connectivity index (χ0v) is 83.4. The predicted molar refractivity (Wildman–Crippen MR) is 518 cm³/mol. The van der Waals surface area contributed by atoms with Crippen molar-refractivity contribution in [2.45, 2.75) is 270 Å². The van der Waals surface area contributed by atoms with Gasteiger partial charge in [0, 0.05) is 122 Å². The number of aliphatic carboxylic acids is 4. The van der Waals surface area contributed by atoms with Crippen LogP contribution in [-0.4, -0.2) is 312 Å². The molecular weight excluding hydrogens is 1870 g/mol. The summed E-state index contributed by atoms with van der Waals surface area (Å²) < 4.78 is 54.4. The molecule has 7 amide bonds. The average Bonchev–Trinajstić information content (AvgIpc) is 0.867. The quantitative estimate of drug-likeness (QED) is 0.0290. The molecule has 43 heteroatoms. The molecule has 0 saturated heterocycles. The topological polar surface area (TPSA) is 648 Å². The van der Waals surface area contributed by atoms with Gasteiger partial charge >= 0.3 is 35.8 Å². The van der Waals surface area contributed by atoms with Gasteiger partial charge in [0.2, 0.25) is 41.4 Å². The Balaban J connectivity index is 1.50. The lowest BCUT2D eigenvalue weighted by atomic mass is 9.82. The summed E-state index contributed by atoms with van der Waals surface area (Å²) in [6.45, 7) is 5.91. The Labute approximate surface area is 836 Å². The Morgan fingerprint density at radius 2 is 0.636 bits per heavy atom. The van der Waals surface area contributed by atoms with Crippen LogP contribution >= 0.6 is 0 Å². The van der Waals surface area contributed by atoms with Gasteiger partial charge in [-0.05, 0) is 153 Å². The van der Waals surface area contributed by atoms with Crippen LogP contribution in [-0.2, 0) is 119 Å². The minimum absolute atomic E-state index is 0.0129. The van der Waals surface area contributed by atoms with Gasteiger partial charge in [-0.2, -0.15) is 0 Å². The van der Waals surface area contributed by atoms with Crippen molar-refractivity contribution in [3.05, 3.63) is 59.7 Å². The summed E-state index contributed by atoms with van der Waals surface area (Å²) in [5, 5.41) is 75.0. The number of amides is 7. The van der Waals surface area contributed by atoms with Gasteiger partial charge in [-0.25, -0.2) is 19.2 Å². The van der Waals surface area contributed by atoms with Gasteiger partial charge in [0.15, 0.2) is 17.3 Å². The molecular formula is C100H156N8O35. The Morgan fingerprint density at radius 1 is 0.287 bits per heavy atom. The van der Waals surface area contributed by atoms with Crippen molar-refractivity contribution in [1.82, 2.24) is 37.2 Å². The van der Waals surface area contributed by atoms with E-state index in [0.717, 1.165) is 77.0 Å². The molecule has 806 valence electrons. The number of carboxylic acid groups (broad SMARTS) is 6. The molecule has 0 fully saturated rings. The SMILES string of the molecule is CC(=O)[C@H](CCCCNC(=O)CC[C@H](NC(=O)COCCOCCCC(=O)COCCOCCNC(=O)CC[C@H](CC(=O)CCCCCCCCCOc1ccc(C(=O)O)cc1)C(=O)O)C(=O)O)CC(=O)[C@H](CCCCNC(=O)CC[C@H](CC(=O)COCCOCCNC(=O)COCCOCCNC(=O)CC[C@H](NC(=O)CCCCCCCCCOc1ccc(C(=O)O)cc1)C(=O)O)C(=O)O)CC(=O)C(C)(C)N. The second kappa shape index (κ2) is 80.2. The molecule has 0 aliphatic heterocycles. The predicted octanol–water partition coefficient (Wildman–Crippen LogP) is 7.24. The molecule has 0 saturated carbocycles. The number of Topliss-reactive ketones (excluding diaryl/α,β-unsaturated/α-hetero) is 6. The summed E-state index contributed by atoms with van der Waals surface area (Å²) in [7, 11) is 0. The van der Waals surface area contributed by atoms with Crippen molar-refractivity contribution in [2.75, 3.05) is 152 Å². The van der Waals surface area contributed by atoms with Crippen LogP contribution < -0.4 is 52.4 Å². The van der Waals surface area contributed by atoms with Crippen LogP contribution in [0.25, 0.3) is 0 Å².